The van der Waals surface area contributed by atoms with Crippen molar-refractivity contribution >= 4 is 11.6 Å². The number of aryl methyl sites for hydroxylation is 1. The predicted molar refractivity (Wildman–Crippen MR) is 124 cm³/mol. The first-order chi connectivity index (χ1) is 15.1. The van der Waals surface area contributed by atoms with E-state index in [1.165, 1.54) is 32.1 Å². The molecule has 0 unspecified atom stereocenters. The maximum Gasteiger partial charge on any atom is 0.225 e. The van der Waals surface area contributed by atoms with Crippen LogP contribution >= 0.6 is 0 Å². The zero-order valence-electron chi connectivity index (χ0n) is 19.0. The molecular weight excluding hydrogens is 388 g/mol. The van der Waals surface area contributed by atoms with Crippen molar-refractivity contribution in [3.05, 3.63) is 41.7 Å². The van der Waals surface area contributed by atoms with Crippen LogP contribution in [0.4, 0.5) is 5.69 Å². The Morgan fingerprint density at radius 2 is 1.71 bits per heavy atom. The molecule has 0 bridgehead atoms. The summed E-state index contributed by atoms with van der Waals surface area (Å²) in [6.07, 6.45) is 10.0. The van der Waals surface area contributed by atoms with Crippen LogP contribution in [0.1, 0.15) is 62.8 Å². The topological polar surface area (TPSA) is 59.4 Å². The third-order valence-corrected chi connectivity index (χ3v) is 6.68. The van der Waals surface area contributed by atoms with Crippen LogP contribution in [0.2, 0.25) is 0 Å². The second-order valence-corrected chi connectivity index (χ2v) is 9.03. The molecule has 6 heteroatoms. The smallest absolute Gasteiger partial charge is 0.225 e. The van der Waals surface area contributed by atoms with Crippen molar-refractivity contribution in [1.82, 2.24) is 14.7 Å². The number of anilines is 1. The number of carbonyl (C=O) groups is 1. The van der Waals surface area contributed by atoms with E-state index in [0.717, 1.165) is 55.2 Å². The largest absolute Gasteiger partial charge is 0.375 e. The Bertz CT molecular complexity index is 850. The number of hydrogen-bond donors (Lipinski definition) is 1. The minimum absolute atomic E-state index is 0.0550. The first-order valence-corrected chi connectivity index (χ1v) is 11.9. The molecule has 0 atom stereocenters. The molecule has 1 aliphatic carbocycles. The van der Waals surface area contributed by atoms with Crippen LogP contribution in [0.25, 0.3) is 5.69 Å². The zero-order chi connectivity index (χ0) is 21.6. The number of rotatable bonds is 7. The molecule has 1 saturated heterocycles. The van der Waals surface area contributed by atoms with Gasteiger partial charge in [0.25, 0.3) is 0 Å². The van der Waals surface area contributed by atoms with Gasteiger partial charge in [0.05, 0.1) is 35.0 Å². The van der Waals surface area contributed by atoms with Crippen molar-refractivity contribution < 1.29 is 9.53 Å². The highest BCUT2D eigenvalue weighted by atomic mass is 16.5. The number of aromatic nitrogens is 2. The number of amides is 1. The van der Waals surface area contributed by atoms with Gasteiger partial charge < -0.3 is 15.0 Å². The van der Waals surface area contributed by atoms with Crippen molar-refractivity contribution in [1.29, 1.82) is 0 Å². The van der Waals surface area contributed by atoms with Gasteiger partial charge in [-0.25, -0.2) is 4.68 Å². The Balaban J connectivity index is 1.23. The highest BCUT2D eigenvalue weighted by Crippen LogP contribution is 2.25. The van der Waals surface area contributed by atoms with Crippen LogP contribution in [-0.4, -0.2) is 52.4 Å². The van der Waals surface area contributed by atoms with Gasteiger partial charge in [0.15, 0.2) is 0 Å². The quantitative estimate of drug-likeness (QED) is 0.704. The van der Waals surface area contributed by atoms with Crippen molar-refractivity contribution in [3.63, 3.8) is 0 Å². The Kier molecular flexibility index (Phi) is 7.41. The Hall–Kier alpha value is -2.18. The lowest BCUT2D eigenvalue weighted by Crippen LogP contribution is -2.40. The minimum atomic E-state index is 0.0550. The molecule has 1 saturated carbocycles. The van der Waals surface area contributed by atoms with Crippen LogP contribution in [-0.2, 0) is 9.53 Å². The number of piperidine rings is 1. The maximum atomic E-state index is 12.6. The average molecular weight is 425 g/mol. The van der Waals surface area contributed by atoms with Crippen LogP contribution < -0.4 is 5.32 Å². The lowest BCUT2D eigenvalue weighted by Gasteiger charge is -2.34. The summed E-state index contributed by atoms with van der Waals surface area (Å²) in [4.78, 5) is 15.0. The van der Waals surface area contributed by atoms with E-state index in [9.17, 15) is 4.79 Å². The van der Waals surface area contributed by atoms with Crippen molar-refractivity contribution in [2.75, 3.05) is 25.0 Å². The monoisotopic (exact) mass is 424 g/mol. The fourth-order valence-electron chi connectivity index (χ4n) is 4.85. The van der Waals surface area contributed by atoms with Crippen LogP contribution in [0, 0.1) is 13.8 Å². The number of ether oxygens (including phenoxy) is 1. The van der Waals surface area contributed by atoms with E-state index in [1.54, 1.807) is 0 Å². The fourth-order valence-corrected chi connectivity index (χ4v) is 4.85. The molecule has 1 aromatic carbocycles. The number of nitrogens with zero attached hydrogens (tertiary/aromatic N) is 3. The molecule has 1 N–H and O–H groups in total. The molecule has 1 amide bonds. The lowest BCUT2D eigenvalue weighted by molar-refractivity contribution is -0.116. The summed E-state index contributed by atoms with van der Waals surface area (Å²) in [5, 5.41) is 7.71. The normalized spacial score (nSPS) is 18.9. The van der Waals surface area contributed by atoms with Gasteiger partial charge in [0.1, 0.15) is 0 Å². The van der Waals surface area contributed by atoms with Gasteiger partial charge >= 0.3 is 0 Å². The second kappa shape index (κ2) is 10.4. The second-order valence-electron chi connectivity index (χ2n) is 9.03. The minimum Gasteiger partial charge on any atom is -0.375 e. The molecule has 31 heavy (non-hydrogen) atoms. The van der Waals surface area contributed by atoms with Gasteiger partial charge in [-0.1, -0.05) is 37.5 Å². The van der Waals surface area contributed by atoms with E-state index < -0.39 is 0 Å². The van der Waals surface area contributed by atoms with Gasteiger partial charge in [0.2, 0.25) is 5.91 Å². The van der Waals surface area contributed by atoms with Gasteiger partial charge in [-0.2, -0.15) is 5.10 Å². The molecule has 168 valence electrons. The summed E-state index contributed by atoms with van der Waals surface area (Å²) >= 11 is 0. The summed E-state index contributed by atoms with van der Waals surface area (Å²) in [5.74, 6) is 0.0550. The highest BCUT2D eigenvalue weighted by Gasteiger charge is 2.24. The standard InChI is InChI=1S/C25H36N4O2/c1-19-25(20(2)29(27-19)21-9-5-3-6-10-21)26-24(30)15-18-28-16-13-23(14-17-28)31-22-11-7-4-8-12-22/h3,5-6,9-10,22-23H,4,7-8,11-18H2,1-2H3,(H,26,30). The maximum absolute atomic E-state index is 12.6. The van der Waals surface area contributed by atoms with Crippen LogP contribution in [0.15, 0.2) is 30.3 Å². The van der Waals surface area contributed by atoms with Crippen molar-refractivity contribution in [2.45, 2.75) is 77.4 Å². The Morgan fingerprint density at radius 1 is 1.03 bits per heavy atom. The molecule has 1 aliphatic heterocycles. The molecule has 0 spiro atoms. The van der Waals surface area contributed by atoms with Crippen molar-refractivity contribution in [2.24, 2.45) is 0 Å². The molecule has 2 fully saturated rings. The van der Waals surface area contributed by atoms with E-state index in [-0.39, 0.29) is 5.91 Å². The van der Waals surface area contributed by atoms with Crippen LogP contribution in [0.5, 0.6) is 0 Å². The van der Waals surface area contributed by atoms with Gasteiger partial charge in [-0.05, 0) is 51.7 Å². The molecule has 2 aromatic rings. The Morgan fingerprint density at radius 3 is 2.42 bits per heavy atom. The SMILES string of the molecule is Cc1nn(-c2ccccc2)c(C)c1NC(=O)CCN1CCC(OC2CCCCC2)CC1. The predicted octanol–water partition coefficient (Wildman–Crippen LogP) is 4.63. The number of benzene rings is 1. The molecule has 1 aromatic heterocycles. The van der Waals surface area contributed by atoms with Crippen molar-refractivity contribution in [3.8, 4) is 5.69 Å². The summed E-state index contributed by atoms with van der Waals surface area (Å²) in [6.45, 7) is 6.79. The molecule has 0 radical (unpaired) electrons. The summed E-state index contributed by atoms with van der Waals surface area (Å²) < 4.78 is 8.23. The molecule has 2 aliphatic rings. The molecular formula is C25H36N4O2. The molecule has 6 nitrogen and oxygen atoms in total. The molecule has 2 heterocycles. The fraction of sp³-hybridized carbons (Fsp3) is 0.600. The summed E-state index contributed by atoms with van der Waals surface area (Å²) in [6, 6.07) is 10.0. The van der Waals surface area contributed by atoms with Gasteiger partial charge in [0, 0.05) is 26.1 Å². The lowest BCUT2D eigenvalue weighted by atomic mass is 9.97. The third kappa shape index (κ3) is 5.74. The van der Waals surface area contributed by atoms with E-state index in [1.807, 2.05) is 48.9 Å². The number of carbonyl (C=O) groups excluding carboxylic acids is 1. The third-order valence-electron chi connectivity index (χ3n) is 6.68. The van der Waals surface area contributed by atoms with E-state index in [4.69, 9.17) is 4.74 Å². The number of para-hydroxylation sites is 1. The zero-order valence-corrected chi connectivity index (χ0v) is 19.0. The van der Waals surface area contributed by atoms with E-state index in [2.05, 4.69) is 15.3 Å². The van der Waals surface area contributed by atoms with Crippen LogP contribution in [0.3, 0.4) is 0 Å². The summed E-state index contributed by atoms with van der Waals surface area (Å²) in [5.41, 5.74) is 3.63. The Labute approximate surface area is 186 Å². The number of nitrogens with one attached hydrogen (secondary N) is 1. The van der Waals surface area contributed by atoms with E-state index in [0.29, 0.717) is 18.6 Å². The van der Waals surface area contributed by atoms with Gasteiger partial charge in [-0.3, -0.25) is 4.79 Å². The number of likely N-dealkylation sites (tertiary alicyclic amines) is 1. The van der Waals surface area contributed by atoms with Gasteiger partial charge in [-0.15, -0.1) is 0 Å². The summed E-state index contributed by atoms with van der Waals surface area (Å²) in [7, 11) is 0. The molecule has 4 rings (SSSR count). The first-order valence-electron chi connectivity index (χ1n) is 11.9. The van der Waals surface area contributed by atoms with E-state index >= 15 is 0 Å². The average Bonchev–Trinajstić information content (AvgIpc) is 3.08. The number of hydrogen-bond acceptors (Lipinski definition) is 4. The first kappa shape index (κ1) is 22.0. The highest BCUT2D eigenvalue weighted by molar-refractivity contribution is 5.92.